The van der Waals surface area contributed by atoms with E-state index in [4.69, 9.17) is 0 Å². The third kappa shape index (κ3) is 4.11. The number of nitrogens with one attached hydrogen (secondary N) is 3. The van der Waals surface area contributed by atoms with Crippen LogP contribution in [0.1, 0.15) is 51.4 Å². The largest absolute Gasteiger partial charge is 0.363 e. The second-order valence-corrected chi connectivity index (χ2v) is 8.62. The minimum absolute atomic E-state index is 0.0167. The lowest BCUT2D eigenvalue weighted by Gasteiger charge is -2.34. The summed E-state index contributed by atoms with van der Waals surface area (Å²) in [4.78, 5) is 28.8. The molecule has 2 atom stereocenters. The fraction of sp³-hybridized carbons (Fsp3) is 0.478. The number of aromatic amines is 1. The van der Waals surface area contributed by atoms with Gasteiger partial charge in [-0.2, -0.15) is 0 Å². The number of pyridine rings is 1. The van der Waals surface area contributed by atoms with Crippen LogP contribution in [0.25, 0.3) is 22.4 Å². The average molecular weight is 423 g/mol. The van der Waals surface area contributed by atoms with Crippen molar-refractivity contribution in [2.75, 3.05) is 5.32 Å². The van der Waals surface area contributed by atoms with E-state index in [1.54, 1.807) is 12.4 Å². The van der Waals surface area contributed by atoms with Gasteiger partial charge in [0.15, 0.2) is 17.5 Å². The maximum absolute atomic E-state index is 14.6. The van der Waals surface area contributed by atoms with Crippen molar-refractivity contribution in [3.05, 3.63) is 36.5 Å². The van der Waals surface area contributed by atoms with Crippen molar-refractivity contribution in [1.82, 2.24) is 25.3 Å². The lowest BCUT2D eigenvalue weighted by atomic mass is 9.89. The van der Waals surface area contributed by atoms with Gasteiger partial charge in [-0.1, -0.05) is 25.7 Å². The molecule has 2 aliphatic carbocycles. The predicted molar refractivity (Wildman–Crippen MR) is 117 cm³/mol. The summed E-state index contributed by atoms with van der Waals surface area (Å²) < 4.78 is 14.6. The highest BCUT2D eigenvalue weighted by Gasteiger charge is 2.31. The van der Waals surface area contributed by atoms with E-state index in [0.29, 0.717) is 5.82 Å². The van der Waals surface area contributed by atoms with Gasteiger partial charge in [-0.15, -0.1) is 0 Å². The molecule has 7 nitrogen and oxygen atoms in total. The molecule has 3 N–H and O–H groups in total. The molecule has 162 valence electrons. The van der Waals surface area contributed by atoms with Crippen LogP contribution in [0.15, 0.2) is 30.7 Å². The Labute approximate surface area is 180 Å². The summed E-state index contributed by atoms with van der Waals surface area (Å²) in [5.74, 6) is 0.390. The lowest BCUT2D eigenvalue weighted by Crippen LogP contribution is -2.50. The van der Waals surface area contributed by atoms with Crippen LogP contribution >= 0.6 is 0 Å². The summed E-state index contributed by atoms with van der Waals surface area (Å²) in [5, 5.41) is 7.40. The van der Waals surface area contributed by atoms with Crippen LogP contribution in [0.4, 0.5) is 10.2 Å². The molecule has 0 spiro atoms. The Hall–Kier alpha value is -3.03. The van der Waals surface area contributed by atoms with Gasteiger partial charge in [-0.05, 0) is 37.8 Å². The standard InChI is InChI=1S/C23H27FN6O/c24-17-13-27-21(16-12-26-20-15(16)8-5-11-25-20)30-22(17)28-18-9-3-4-10-19(18)29-23(31)14-6-1-2-7-14/h5,8,11-14,18-19H,1-4,6-7,9-10H2,(H,25,26)(H,29,31)(H,27,28,30)/t18-,19?/m1/s1. The summed E-state index contributed by atoms with van der Waals surface area (Å²) >= 11 is 0. The molecule has 0 saturated heterocycles. The number of rotatable bonds is 5. The lowest BCUT2D eigenvalue weighted by molar-refractivity contribution is -0.125. The topological polar surface area (TPSA) is 95.6 Å². The number of H-pyrrole nitrogens is 1. The van der Waals surface area contributed by atoms with Gasteiger partial charge in [-0.25, -0.2) is 19.3 Å². The van der Waals surface area contributed by atoms with Gasteiger partial charge >= 0.3 is 0 Å². The molecule has 0 aliphatic heterocycles. The Balaban J connectivity index is 1.36. The second-order valence-electron chi connectivity index (χ2n) is 8.62. The van der Waals surface area contributed by atoms with Gasteiger partial charge in [0.1, 0.15) is 5.65 Å². The number of amides is 1. The number of carbonyl (C=O) groups is 1. The monoisotopic (exact) mass is 422 g/mol. The fourth-order valence-electron chi connectivity index (χ4n) is 4.88. The number of carbonyl (C=O) groups excluding carboxylic acids is 1. The molecule has 0 aromatic carbocycles. The highest BCUT2D eigenvalue weighted by molar-refractivity contribution is 5.91. The Morgan fingerprint density at radius 3 is 2.68 bits per heavy atom. The number of fused-ring (bicyclic) bond motifs is 1. The second kappa shape index (κ2) is 8.61. The number of halogens is 1. The molecule has 5 rings (SSSR count). The Kier molecular flexibility index (Phi) is 5.53. The molecular weight excluding hydrogens is 395 g/mol. The molecule has 31 heavy (non-hydrogen) atoms. The number of anilines is 1. The number of hydrogen-bond acceptors (Lipinski definition) is 5. The predicted octanol–water partition coefficient (Wildman–Crippen LogP) is 4.19. The molecule has 3 heterocycles. The quantitative estimate of drug-likeness (QED) is 0.573. The Bertz CT molecular complexity index is 1080. The summed E-state index contributed by atoms with van der Waals surface area (Å²) in [5.41, 5.74) is 1.52. The van der Waals surface area contributed by atoms with Gasteiger partial charge in [0.2, 0.25) is 5.91 Å². The minimum atomic E-state index is -0.492. The minimum Gasteiger partial charge on any atom is -0.363 e. The van der Waals surface area contributed by atoms with E-state index < -0.39 is 5.82 Å². The van der Waals surface area contributed by atoms with Crippen LogP contribution in [0.2, 0.25) is 0 Å². The molecule has 0 bridgehead atoms. The van der Waals surface area contributed by atoms with Crippen molar-refractivity contribution in [2.45, 2.75) is 63.5 Å². The summed E-state index contributed by atoms with van der Waals surface area (Å²) in [6.07, 6.45) is 12.8. The van der Waals surface area contributed by atoms with Crippen molar-refractivity contribution >= 4 is 22.8 Å². The van der Waals surface area contributed by atoms with Crippen molar-refractivity contribution in [1.29, 1.82) is 0 Å². The first-order valence-corrected chi connectivity index (χ1v) is 11.2. The first kappa shape index (κ1) is 19.9. The van der Waals surface area contributed by atoms with Crippen LogP contribution in [0.3, 0.4) is 0 Å². The number of nitrogens with zero attached hydrogens (tertiary/aromatic N) is 3. The zero-order valence-corrected chi connectivity index (χ0v) is 17.4. The van der Waals surface area contributed by atoms with Crippen molar-refractivity contribution < 1.29 is 9.18 Å². The van der Waals surface area contributed by atoms with Gasteiger partial charge in [0.25, 0.3) is 0 Å². The van der Waals surface area contributed by atoms with E-state index in [-0.39, 0.29) is 29.7 Å². The van der Waals surface area contributed by atoms with Gasteiger partial charge in [-0.3, -0.25) is 4.79 Å². The Morgan fingerprint density at radius 2 is 1.84 bits per heavy atom. The summed E-state index contributed by atoms with van der Waals surface area (Å²) in [6.45, 7) is 0. The summed E-state index contributed by atoms with van der Waals surface area (Å²) in [6, 6.07) is 3.71. The molecule has 3 aromatic heterocycles. The smallest absolute Gasteiger partial charge is 0.223 e. The highest BCUT2D eigenvalue weighted by atomic mass is 19.1. The molecule has 2 aliphatic rings. The first-order chi connectivity index (χ1) is 15.2. The van der Waals surface area contributed by atoms with Gasteiger partial charge in [0, 0.05) is 41.3 Å². The van der Waals surface area contributed by atoms with Crippen LogP contribution < -0.4 is 10.6 Å². The zero-order valence-electron chi connectivity index (χ0n) is 17.4. The van der Waals surface area contributed by atoms with Crippen LogP contribution in [0.5, 0.6) is 0 Å². The van der Waals surface area contributed by atoms with Crippen molar-refractivity contribution in [3.63, 3.8) is 0 Å². The molecule has 2 fully saturated rings. The summed E-state index contributed by atoms with van der Waals surface area (Å²) in [7, 11) is 0. The van der Waals surface area contributed by atoms with E-state index >= 15 is 0 Å². The van der Waals surface area contributed by atoms with E-state index in [2.05, 4.69) is 30.6 Å². The SMILES string of the molecule is O=C(NC1CCCC[C@H]1Nc1nc(-c2c[nH]c3ncccc23)ncc1F)C1CCCC1. The normalized spacial score (nSPS) is 22.0. The molecule has 1 unspecified atom stereocenters. The maximum atomic E-state index is 14.6. The average Bonchev–Trinajstić information content (AvgIpc) is 3.47. The number of hydrogen-bond donors (Lipinski definition) is 3. The zero-order chi connectivity index (χ0) is 21.2. The van der Waals surface area contributed by atoms with Crippen LogP contribution in [-0.4, -0.2) is 37.9 Å². The fourth-order valence-corrected chi connectivity index (χ4v) is 4.88. The van der Waals surface area contributed by atoms with Crippen molar-refractivity contribution in [2.24, 2.45) is 5.92 Å². The Morgan fingerprint density at radius 1 is 1.06 bits per heavy atom. The number of aromatic nitrogens is 4. The van der Waals surface area contributed by atoms with Crippen LogP contribution in [-0.2, 0) is 4.79 Å². The molecule has 8 heteroatoms. The van der Waals surface area contributed by atoms with Gasteiger partial charge in [0.05, 0.1) is 6.20 Å². The third-order valence-electron chi connectivity index (χ3n) is 6.58. The molecule has 0 radical (unpaired) electrons. The van der Waals surface area contributed by atoms with E-state index in [0.717, 1.165) is 68.0 Å². The molecule has 2 saturated carbocycles. The van der Waals surface area contributed by atoms with E-state index in [1.807, 2.05) is 12.1 Å². The molecule has 1 amide bonds. The van der Waals surface area contributed by atoms with E-state index in [1.165, 1.54) is 6.20 Å². The molecule has 3 aromatic rings. The first-order valence-electron chi connectivity index (χ1n) is 11.2. The van der Waals surface area contributed by atoms with Crippen LogP contribution in [0, 0.1) is 11.7 Å². The molecular formula is C23H27FN6O. The van der Waals surface area contributed by atoms with Crippen molar-refractivity contribution in [3.8, 4) is 11.4 Å². The third-order valence-corrected chi connectivity index (χ3v) is 6.58. The van der Waals surface area contributed by atoms with E-state index in [9.17, 15) is 9.18 Å². The maximum Gasteiger partial charge on any atom is 0.223 e. The highest BCUT2D eigenvalue weighted by Crippen LogP contribution is 2.29. The van der Waals surface area contributed by atoms with Gasteiger partial charge < -0.3 is 15.6 Å².